The molecular formula is C19H25NO. The van der Waals surface area contributed by atoms with Crippen LogP contribution in [0.3, 0.4) is 0 Å². The SMILES string of the molecule is CCCc1ccc(OCC(N)c2ccc(C)c(C)c2)cc1. The summed E-state index contributed by atoms with van der Waals surface area (Å²) in [5.74, 6) is 0.883. The lowest BCUT2D eigenvalue weighted by atomic mass is 10.0. The van der Waals surface area contributed by atoms with Crippen LogP contribution in [0.1, 0.15) is 41.6 Å². The van der Waals surface area contributed by atoms with Crippen LogP contribution in [0, 0.1) is 13.8 Å². The first kappa shape index (κ1) is 15.6. The molecule has 0 heterocycles. The van der Waals surface area contributed by atoms with E-state index in [-0.39, 0.29) is 6.04 Å². The molecular weight excluding hydrogens is 258 g/mol. The van der Waals surface area contributed by atoms with Crippen molar-refractivity contribution in [2.75, 3.05) is 6.61 Å². The van der Waals surface area contributed by atoms with E-state index >= 15 is 0 Å². The lowest BCUT2D eigenvalue weighted by Crippen LogP contribution is -2.19. The van der Waals surface area contributed by atoms with Crippen LogP contribution in [-0.2, 0) is 6.42 Å². The lowest BCUT2D eigenvalue weighted by molar-refractivity contribution is 0.290. The van der Waals surface area contributed by atoms with E-state index in [9.17, 15) is 0 Å². The van der Waals surface area contributed by atoms with Gasteiger partial charge in [-0.15, -0.1) is 0 Å². The molecule has 0 fully saturated rings. The molecule has 0 radical (unpaired) electrons. The standard InChI is InChI=1S/C19H25NO/c1-4-5-16-7-10-18(11-8-16)21-13-19(20)17-9-6-14(2)15(3)12-17/h6-12,19H,4-5,13,20H2,1-3H3. The van der Waals surface area contributed by atoms with Crippen LogP contribution >= 0.6 is 0 Å². The van der Waals surface area contributed by atoms with Crippen LogP contribution < -0.4 is 10.5 Å². The van der Waals surface area contributed by atoms with Gasteiger partial charge in [-0.25, -0.2) is 0 Å². The average molecular weight is 283 g/mol. The van der Waals surface area contributed by atoms with Gasteiger partial charge in [0.05, 0.1) is 6.04 Å². The number of hydrogen-bond donors (Lipinski definition) is 1. The second-order valence-corrected chi connectivity index (χ2v) is 5.66. The zero-order valence-electron chi connectivity index (χ0n) is 13.2. The third-order valence-corrected chi connectivity index (χ3v) is 3.85. The van der Waals surface area contributed by atoms with Gasteiger partial charge < -0.3 is 10.5 Å². The summed E-state index contributed by atoms with van der Waals surface area (Å²) in [7, 11) is 0. The van der Waals surface area contributed by atoms with Crippen LogP contribution in [0.4, 0.5) is 0 Å². The van der Waals surface area contributed by atoms with Gasteiger partial charge in [-0.05, 0) is 54.7 Å². The number of rotatable bonds is 6. The maximum Gasteiger partial charge on any atom is 0.119 e. The van der Waals surface area contributed by atoms with Crippen molar-refractivity contribution in [3.05, 3.63) is 64.7 Å². The number of nitrogens with two attached hydrogens (primary N) is 1. The van der Waals surface area contributed by atoms with Gasteiger partial charge in [-0.1, -0.05) is 43.7 Å². The van der Waals surface area contributed by atoms with Crippen molar-refractivity contribution < 1.29 is 4.74 Å². The molecule has 0 aromatic heterocycles. The fourth-order valence-electron chi connectivity index (χ4n) is 2.32. The molecule has 112 valence electrons. The minimum atomic E-state index is -0.0976. The molecule has 0 bridgehead atoms. The topological polar surface area (TPSA) is 35.2 Å². The molecule has 2 aromatic carbocycles. The van der Waals surface area contributed by atoms with E-state index in [1.165, 1.54) is 16.7 Å². The predicted octanol–water partition coefficient (Wildman–Crippen LogP) is 4.33. The fourth-order valence-corrected chi connectivity index (χ4v) is 2.32. The largest absolute Gasteiger partial charge is 0.492 e. The molecule has 2 N–H and O–H groups in total. The van der Waals surface area contributed by atoms with Gasteiger partial charge in [0.15, 0.2) is 0 Å². The number of aryl methyl sites for hydroxylation is 3. The van der Waals surface area contributed by atoms with Gasteiger partial charge in [0.1, 0.15) is 12.4 Å². The molecule has 2 rings (SSSR count). The van der Waals surface area contributed by atoms with Crippen molar-refractivity contribution in [2.24, 2.45) is 5.73 Å². The van der Waals surface area contributed by atoms with Gasteiger partial charge in [0, 0.05) is 0 Å². The Morgan fingerprint density at radius 1 is 1.00 bits per heavy atom. The summed E-state index contributed by atoms with van der Waals surface area (Å²) < 4.78 is 5.80. The van der Waals surface area contributed by atoms with Crippen LogP contribution in [0.15, 0.2) is 42.5 Å². The Kier molecular flexibility index (Phi) is 5.40. The van der Waals surface area contributed by atoms with Gasteiger partial charge in [0.25, 0.3) is 0 Å². The predicted molar refractivity (Wildman–Crippen MR) is 88.8 cm³/mol. The monoisotopic (exact) mass is 283 g/mol. The van der Waals surface area contributed by atoms with Crippen molar-refractivity contribution in [3.8, 4) is 5.75 Å². The van der Waals surface area contributed by atoms with E-state index in [0.717, 1.165) is 24.2 Å². The molecule has 2 aromatic rings. The molecule has 2 nitrogen and oxygen atoms in total. The Morgan fingerprint density at radius 3 is 2.33 bits per heavy atom. The van der Waals surface area contributed by atoms with Crippen molar-refractivity contribution in [2.45, 2.75) is 39.7 Å². The Balaban J connectivity index is 1.93. The highest BCUT2D eigenvalue weighted by atomic mass is 16.5. The van der Waals surface area contributed by atoms with E-state index in [1.807, 2.05) is 12.1 Å². The Morgan fingerprint density at radius 2 is 1.71 bits per heavy atom. The number of benzene rings is 2. The summed E-state index contributed by atoms with van der Waals surface area (Å²) in [5.41, 5.74) is 11.3. The molecule has 0 saturated carbocycles. The first-order valence-corrected chi connectivity index (χ1v) is 7.64. The summed E-state index contributed by atoms with van der Waals surface area (Å²) in [6.07, 6.45) is 2.28. The number of hydrogen-bond acceptors (Lipinski definition) is 2. The summed E-state index contributed by atoms with van der Waals surface area (Å²) >= 11 is 0. The van der Waals surface area contributed by atoms with Gasteiger partial charge in [0.2, 0.25) is 0 Å². The first-order valence-electron chi connectivity index (χ1n) is 7.64. The molecule has 2 heteroatoms. The van der Waals surface area contributed by atoms with Crippen LogP contribution in [0.25, 0.3) is 0 Å². The van der Waals surface area contributed by atoms with E-state index in [0.29, 0.717) is 6.61 Å². The zero-order valence-corrected chi connectivity index (χ0v) is 13.2. The normalized spacial score (nSPS) is 12.2. The molecule has 0 saturated heterocycles. The van der Waals surface area contributed by atoms with Crippen LogP contribution in [0.5, 0.6) is 5.75 Å². The minimum absolute atomic E-state index is 0.0976. The quantitative estimate of drug-likeness (QED) is 0.856. The Hall–Kier alpha value is -1.80. The number of ether oxygens (including phenoxy) is 1. The molecule has 0 aliphatic heterocycles. The van der Waals surface area contributed by atoms with Crippen molar-refractivity contribution >= 4 is 0 Å². The summed E-state index contributed by atoms with van der Waals surface area (Å²) in [4.78, 5) is 0. The lowest BCUT2D eigenvalue weighted by Gasteiger charge is -2.15. The molecule has 0 aliphatic carbocycles. The molecule has 0 aliphatic rings. The minimum Gasteiger partial charge on any atom is -0.492 e. The summed E-state index contributed by atoms with van der Waals surface area (Å²) in [6, 6.07) is 14.6. The highest BCUT2D eigenvalue weighted by Crippen LogP contribution is 2.18. The third-order valence-electron chi connectivity index (χ3n) is 3.85. The van der Waals surface area contributed by atoms with E-state index in [4.69, 9.17) is 10.5 Å². The molecule has 0 amide bonds. The fraction of sp³-hybridized carbons (Fsp3) is 0.368. The maximum atomic E-state index is 6.21. The summed E-state index contributed by atoms with van der Waals surface area (Å²) in [5, 5.41) is 0. The molecule has 1 atom stereocenters. The molecule has 21 heavy (non-hydrogen) atoms. The highest BCUT2D eigenvalue weighted by Gasteiger charge is 2.08. The second-order valence-electron chi connectivity index (χ2n) is 5.66. The second kappa shape index (κ2) is 7.28. The Bertz CT molecular complexity index is 575. The van der Waals surface area contributed by atoms with Crippen LogP contribution in [-0.4, -0.2) is 6.61 Å². The maximum absolute atomic E-state index is 6.21. The molecule has 1 unspecified atom stereocenters. The van der Waals surface area contributed by atoms with Crippen LogP contribution in [0.2, 0.25) is 0 Å². The average Bonchev–Trinajstić information content (AvgIpc) is 2.49. The summed E-state index contributed by atoms with van der Waals surface area (Å²) in [6.45, 7) is 6.90. The van der Waals surface area contributed by atoms with Gasteiger partial charge in [-0.3, -0.25) is 0 Å². The highest BCUT2D eigenvalue weighted by molar-refractivity contribution is 5.32. The van der Waals surface area contributed by atoms with Crippen molar-refractivity contribution in [1.82, 2.24) is 0 Å². The van der Waals surface area contributed by atoms with E-state index in [1.54, 1.807) is 0 Å². The van der Waals surface area contributed by atoms with E-state index in [2.05, 4.69) is 51.1 Å². The first-order chi connectivity index (χ1) is 10.1. The van der Waals surface area contributed by atoms with Crippen molar-refractivity contribution in [3.63, 3.8) is 0 Å². The smallest absolute Gasteiger partial charge is 0.119 e. The third kappa shape index (κ3) is 4.33. The van der Waals surface area contributed by atoms with E-state index < -0.39 is 0 Å². The van der Waals surface area contributed by atoms with Crippen molar-refractivity contribution in [1.29, 1.82) is 0 Å². The molecule has 0 spiro atoms. The Labute approximate surface area is 127 Å². The van der Waals surface area contributed by atoms with Gasteiger partial charge in [-0.2, -0.15) is 0 Å². The van der Waals surface area contributed by atoms with Gasteiger partial charge >= 0.3 is 0 Å². The zero-order chi connectivity index (χ0) is 15.2.